The minimum absolute atomic E-state index is 0.0152. The van der Waals surface area contributed by atoms with Crippen LogP contribution in [0.1, 0.15) is 52.4 Å². The van der Waals surface area contributed by atoms with Crippen LogP contribution in [0.25, 0.3) is 0 Å². The number of benzene rings is 1. The van der Waals surface area contributed by atoms with Crippen LogP contribution in [-0.4, -0.2) is 49.3 Å². The number of nitrogens with zero attached hydrogens (tertiary/aromatic N) is 1. The van der Waals surface area contributed by atoms with Crippen LogP contribution >= 0.6 is 0 Å². The molecule has 3 rings (SSSR count). The highest BCUT2D eigenvalue weighted by molar-refractivity contribution is 5.97. The minimum Gasteiger partial charge on any atom is -0.492 e. The van der Waals surface area contributed by atoms with Gasteiger partial charge in [0.15, 0.2) is 0 Å². The Balaban J connectivity index is 1.52. The number of anilines is 1. The Morgan fingerprint density at radius 1 is 1.22 bits per heavy atom. The summed E-state index contributed by atoms with van der Waals surface area (Å²) in [5.74, 6) is 1.35. The van der Waals surface area contributed by atoms with Crippen LogP contribution in [0.2, 0.25) is 0 Å². The van der Waals surface area contributed by atoms with E-state index in [-0.39, 0.29) is 5.91 Å². The van der Waals surface area contributed by atoms with E-state index >= 15 is 0 Å². The maximum Gasteiger partial charge on any atom is 0.256 e. The molecule has 0 spiro atoms. The Hall–Kier alpha value is -1.59. The summed E-state index contributed by atoms with van der Waals surface area (Å²) in [6, 6.07) is 7.68. The van der Waals surface area contributed by atoms with E-state index in [1.54, 1.807) is 0 Å². The van der Waals surface area contributed by atoms with Crippen LogP contribution in [0.4, 0.5) is 5.69 Å². The summed E-state index contributed by atoms with van der Waals surface area (Å²) in [5.41, 5.74) is 0.112. The number of carbonyl (C=O) groups is 1. The lowest BCUT2D eigenvalue weighted by atomic mass is 9.78. The van der Waals surface area contributed by atoms with Crippen molar-refractivity contribution < 1.29 is 14.3 Å². The Morgan fingerprint density at radius 3 is 2.63 bits per heavy atom. The predicted octanol–water partition coefficient (Wildman–Crippen LogP) is 4.09. The lowest BCUT2D eigenvalue weighted by Crippen LogP contribution is -2.48. The summed E-state index contributed by atoms with van der Waals surface area (Å²) in [7, 11) is 0. The van der Waals surface area contributed by atoms with Gasteiger partial charge >= 0.3 is 0 Å². The van der Waals surface area contributed by atoms with Gasteiger partial charge in [0.25, 0.3) is 5.91 Å². The van der Waals surface area contributed by atoms with E-state index in [0.29, 0.717) is 19.1 Å². The molecule has 5 heteroatoms. The van der Waals surface area contributed by atoms with Gasteiger partial charge in [0.05, 0.1) is 0 Å². The molecule has 1 saturated carbocycles. The molecule has 0 unspecified atom stereocenters. The van der Waals surface area contributed by atoms with Gasteiger partial charge in [-0.15, -0.1) is 0 Å². The Bertz CT molecular complexity index is 594. The third-order valence-electron chi connectivity index (χ3n) is 5.78. The lowest BCUT2D eigenvalue weighted by molar-refractivity contribution is -0.147. The van der Waals surface area contributed by atoms with Crippen LogP contribution in [-0.2, 0) is 9.53 Å². The molecule has 5 nitrogen and oxygen atoms in total. The van der Waals surface area contributed by atoms with Crippen LogP contribution in [0.5, 0.6) is 5.75 Å². The van der Waals surface area contributed by atoms with Crippen LogP contribution in [0.3, 0.4) is 0 Å². The van der Waals surface area contributed by atoms with E-state index in [9.17, 15) is 4.79 Å². The quantitative estimate of drug-likeness (QED) is 0.745. The van der Waals surface area contributed by atoms with E-state index in [2.05, 4.69) is 17.1 Å². The SMILES string of the molecule is CCO[C@@]1(C(=O)Nc2ccc(OCCN3CCCC3)cc2)CCC[C@H](C)C1. The summed E-state index contributed by atoms with van der Waals surface area (Å²) in [6.07, 6.45) is 6.41. The van der Waals surface area contributed by atoms with Crippen molar-refractivity contribution in [2.45, 2.75) is 58.0 Å². The molecular weight excluding hydrogens is 340 g/mol. The molecule has 1 aromatic rings. The number of rotatable bonds is 8. The van der Waals surface area contributed by atoms with E-state index in [1.807, 2.05) is 31.2 Å². The topological polar surface area (TPSA) is 50.8 Å². The van der Waals surface area contributed by atoms with Crippen molar-refractivity contribution >= 4 is 11.6 Å². The van der Waals surface area contributed by atoms with Gasteiger partial charge in [-0.25, -0.2) is 0 Å². The minimum atomic E-state index is -0.683. The summed E-state index contributed by atoms with van der Waals surface area (Å²) in [6.45, 7) is 8.79. The molecule has 1 amide bonds. The van der Waals surface area contributed by atoms with Crippen molar-refractivity contribution in [1.29, 1.82) is 0 Å². The zero-order chi connectivity index (χ0) is 19.1. The highest BCUT2D eigenvalue weighted by Crippen LogP contribution is 2.36. The largest absolute Gasteiger partial charge is 0.492 e. The predicted molar refractivity (Wildman–Crippen MR) is 108 cm³/mol. The van der Waals surface area contributed by atoms with Crippen molar-refractivity contribution in [2.24, 2.45) is 5.92 Å². The first kappa shape index (κ1) is 20.2. The first-order valence-corrected chi connectivity index (χ1v) is 10.5. The van der Waals surface area contributed by atoms with Gasteiger partial charge < -0.3 is 14.8 Å². The third-order valence-corrected chi connectivity index (χ3v) is 5.78. The van der Waals surface area contributed by atoms with E-state index < -0.39 is 5.60 Å². The van der Waals surface area contributed by atoms with Crippen molar-refractivity contribution in [2.75, 3.05) is 38.2 Å². The highest BCUT2D eigenvalue weighted by atomic mass is 16.5. The molecule has 2 atom stereocenters. The first-order valence-electron chi connectivity index (χ1n) is 10.5. The van der Waals surface area contributed by atoms with E-state index in [1.165, 1.54) is 32.4 Å². The summed E-state index contributed by atoms with van der Waals surface area (Å²) >= 11 is 0. The summed E-state index contributed by atoms with van der Waals surface area (Å²) < 4.78 is 11.8. The number of amides is 1. The summed E-state index contributed by atoms with van der Waals surface area (Å²) in [4.78, 5) is 15.4. The number of nitrogens with one attached hydrogen (secondary N) is 1. The molecular formula is C22H34N2O3. The van der Waals surface area contributed by atoms with Crippen molar-refractivity contribution in [1.82, 2.24) is 4.90 Å². The Labute approximate surface area is 163 Å². The number of likely N-dealkylation sites (tertiary alicyclic amines) is 1. The second kappa shape index (κ2) is 9.56. The van der Waals surface area contributed by atoms with Gasteiger partial charge in [-0.2, -0.15) is 0 Å². The number of carbonyl (C=O) groups excluding carboxylic acids is 1. The van der Waals surface area contributed by atoms with Gasteiger partial charge in [0.1, 0.15) is 18.0 Å². The van der Waals surface area contributed by atoms with Crippen molar-refractivity contribution in [3.05, 3.63) is 24.3 Å². The molecule has 1 saturated heterocycles. The smallest absolute Gasteiger partial charge is 0.256 e. The number of hydrogen-bond donors (Lipinski definition) is 1. The maximum absolute atomic E-state index is 13.0. The molecule has 0 aromatic heterocycles. The van der Waals surface area contributed by atoms with Gasteiger partial charge in [0.2, 0.25) is 0 Å². The first-order chi connectivity index (χ1) is 13.1. The van der Waals surface area contributed by atoms with Crippen LogP contribution < -0.4 is 10.1 Å². The van der Waals surface area contributed by atoms with Crippen LogP contribution in [0.15, 0.2) is 24.3 Å². The standard InChI is InChI=1S/C22H34N2O3/c1-3-27-22(12-6-7-18(2)17-22)21(25)23-19-8-10-20(11-9-19)26-16-15-24-13-4-5-14-24/h8-11,18H,3-7,12-17H2,1-2H3,(H,23,25)/t18-,22-/m0/s1. The molecule has 1 heterocycles. The monoisotopic (exact) mass is 374 g/mol. The van der Waals surface area contributed by atoms with Crippen molar-refractivity contribution in [3.63, 3.8) is 0 Å². The molecule has 1 aliphatic heterocycles. The normalized spacial score (nSPS) is 26.1. The van der Waals surface area contributed by atoms with Gasteiger partial charge in [-0.1, -0.05) is 13.3 Å². The zero-order valence-electron chi connectivity index (χ0n) is 16.8. The molecule has 2 aliphatic rings. The average molecular weight is 375 g/mol. The molecule has 1 N–H and O–H groups in total. The molecule has 150 valence electrons. The molecule has 1 aromatic carbocycles. The fraction of sp³-hybridized carbons (Fsp3) is 0.682. The third kappa shape index (κ3) is 5.45. The van der Waals surface area contributed by atoms with Crippen molar-refractivity contribution in [3.8, 4) is 5.75 Å². The fourth-order valence-corrected chi connectivity index (χ4v) is 4.36. The summed E-state index contributed by atoms with van der Waals surface area (Å²) in [5, 5.41) is 3.06. The van der Waals surface area contributed by atoms with Crippen LogP contribution in [0, 0.1) is 5.92 Å². The number of ether oxygens (including phenoxy) is 2. The molecule has 27 heavy (non-hydrogen) atoms. The zero-order valence-corrected chi connectivity index (χ0v) is 16.8. The fourth-order valence-electron chi connectivity index (χ4n) is 4.36. The van der Waals surface area contributed by atoms with Gasteiger partial charge in [0, 0.05) is 18.8 Å². The lowest BCUT2D eigenvalue weighted by Gasteiger charge is -2.38. The van der Waals surface area contributed by atoms with Gasteiger partial charge in [-0.3, -0.25) is 9.69 Å². The highest BCUT2D eigenvalue weighted by Gasteiger charge is 2.42. The van der Waals surface area contributed by atoms with Gasteiger partial charge in [-0.05, 0) is 82.3 Å². The van der Waals surface area contributed by atoms with E-state index in [4.69, 9.17) is 9.47 Å². The molecule has 2 fully saturated rings. The Kier molecular flexibility index (Phi) is 7.13. The second-order valence-electron chi connectivity index (χ2n) is 8.00. The average Bonchev–Trinajstić information content (AvgIpc) is 3.17. The Morgan fingerprint density at radius 2 is 1.96 bits per heavy atom. The van der Waals surface area contributed by atoms with E-state index in [0.717, 1.165) is 37.2 Å². The molecule has 0 radical (unpaired) electrons. The second-order valence-corrected chi connectivity index (χ2v) is 8.00. The maximum atomic E-state index is 13.0. The molecule has 1 aliphatic carbocycles. The molecule has 0 bridgehead atoms. The number of hydrogen-bond acceptors (Lipinski definition) is 4.